The number of nitriles is 1. The van der Waals surface area contributed by atoms with E-state index in [0.717, 1.165) is 52.2 Å². The first-order valence-electron chi connectivity index (χ1n) is 13.7. The molecule has 1 aliphatic carbocycles. The summed E-state index contributed by atoms with van der Waals surface area (Å²) in [6, 6.07) is 19.3. The molecule has 0 unspecified atom stereocenters. The number of methoxy groups -OCH3 is 1. The number of anilines is 3. The van der Waals surface area contributed by atoms with Gasteiger partial charge in [-0.1, -0.05) is 24.1 Å². The third-order valence-electron chi connectivity index (χ3n) is 7.43. The number of imidazole rings is 1. The van der Waals surface area contributed by atoms with E-state index in [1.165, 1.54) is 0 Å². The highest BCUT2D eigenvalue weighted by atomic mass is 16.5. The first-order valence-corrected chi connectivity index (χ1v) is 13.7. The van der Waals surface area contributed by atoms with Crippen LogP contribution in [0.1, 0.15) is 45.6 Å². The number of benzene rings is 2. The lowest BCUT2D eigenvalue weighted by Crippen LogP contribution is -2.13. The smallest absolute Gasteiger partial charge is 0.255 e. The zero-order valence-electron chi connectivity index (χ0n) is 23.4. The van der Waals surface area contributed by atoms with Gasteiger partial charge in [0.25, 0.3) is 5.91 Å². The maximum atomic E-state index is 13.1. The normalized spacial score (nSPS) is 13.2. The van der Waals surface area contributed by atoms with Crippen molar-refractivity contribution in [3.63, 3.8) is 0 Å². The summed E-state index contributed by atoms with van der Waals surface area (Å²) in [5, 5.41) is 20.2. The largest absolute Gasteiger partial charge is 0.383 e. The van der Waals surface area contributed by atoms with Crippen LogP contribution in [0.3, 0.4) is 0 Å². The van der Waals surface area contributed by atoms with Gasteiger partial charge in [0.15, 0.2) is 5.65 Å². The third kappa shape index (κ3) is 5.46. The van der Waals surface area contributed by atoms with Gasteiger partial charge < -0.3 is 15.4 Å². The average molecular weight is 556 g/mol. The first-order chi connectivity index (χ1) is 20.5. The van der Waals surface area contributed by atoms with E-state index >= 15 is 0 Å². The topological polar surface area (TPSA) is 109 Å². The zero-order valence-corrected chi connectivity index (χ0v) is 23.4. The lowest BCUT2D eigenvalue weighted by atomic mass is 9.97. The molecule has 0 radical (unpaired) electrons. The molecule has 208 valence electrons. The van der Waals surface area contributed by atoms with Crippen molar-refractivity contribution in [2.24, 2.45) is 0 Å². The van der Waals surface area contributed by atoms with E-state index in [1.807, 2.05) is 70.9 Å². The van der Waals surface area contributed by atoms with Gasteiger partial charge in [-0.3, -0.25) is 13.9 Å². The molecular formula is C33H29N7O2. The number of fused-ring (bicyclic) bond motifs is 1. The number of carbonyl (C=O) groups excluding carboxylic acids is 1. The quantitative estimate of drug-likeness (QED) is 0.247. The lowest BCUT2D eigenvalue weighted by molar-refractivity contribution is 0.102. The molecule has 3 heterocycles. The molecule has 0 atom stereocenters. The van der Waals surface area contributed by atoms with E-state index in [-0.39, 0.29) is 5.91 Å². The molecule has 1 saturated carbocycles. The summed E-state index contributed by atoms with van der Waals surface area (Å²) in [6.45, 7) is 3.23. The molecule has 0 saturated heterocycles. The van der Waals surface area contributed by atoms with Crippen molar-refractivity contribution in [1.29, 1.82) is 5.26 Å². The Kier molecular flexibility index (Phi) is 7.18. The second kappa shape index (κ2) is 11.2. The fourth-order valence-corrected chi connectivity index (χ4v) is 4.81. The van der Waals surface area contributed by atoms with Crippen LogP contribution in [0.15, 0.2) is 79.4 Å². The fraction of sp³-hybridized carbons (Fsp3) is 0.212. The van der Waals surface area contributed by atoms with Gasteiger partial charge in [-0.25, -0.2) is 4.98 Å². The number of rotatable bonds is 8. The highest BCUT2D eigenvalue weighted by Gasteiger charge is 2.44. The number of nitrogens with one attached hydrogen (secondary N) is 2. The summed E-state index contributed by atoms with van der Waals surface area (Å²) < 4.78 is 8.87. The predicted molar refractivity (Wildman–Crippen MR) is 161 cm³/mol. The number of aromatic nitrogens is 4. The van der Waals surface area contributed by atoms with Gasteiger partial charge >= 0.3 is 0 Å². The van der Waals surface area contributed by atoms with Crippen LogP contribution in [0.5, 0.6) is 0 Å². The molecule has 9 heteroatoms. The third-order valence-corrected chi connectivity index (χ3v) is 7.43. The van der Waals surface area contributed by atoms with Crippen LogP contribution in [0, 0.1) is 30.1 Å². The van der Waals surface area contributed by atoms with Crippen molar-refractivity contribution in [2.45, 2.75) is 31.7 Å². The standard InChI is InChI=1S/C33H29N7O2/c1-23-8-9-25(32(41)38-27-6-3-5-26(18-27)33(22-34)12-13-33)17-24(23)10-11-29-20-35-31-30(7-4-14-40(29)31)37-28-19-36-39(21-28)15-16-42-2/h3-9,14,17-21,37H,12-13,15-16H2,1-2H3,(H,38,41). The highest BCUT2D eigenvalue weighted by molar-refractivity contribution is 6.04. The van der Waals surface area contributed by atoms with Gasteiger partial charge in [-0.2, -0.15) is 10.4 Å². The zero-order chi connectivity index (χ0) is 29.1. The molecule has 3 aromatic heterocycles. The molecule has 1 fully saturated rings. The summed E-state index contributed by atoms with van der Waals surface area (Å²) in [7, 11) is 1.67. The Morgan fingerprint density at radius 3 is 2.79 bits per heavy atom. The SMILES string of the molecule is COCCn1cc(Nc2cccn3c(C#Cc4cc(C(=O)Nc5cccc(C6(C#N)CC6)c5)ccc4C)cnc23)cn1. The molecule has 9 nitrogen and oxygen atoms in total. The minimum absolute atomic E-state index is 0.229. The van der Waals surface area contributed by atoms with E-state index < -0.39 is 5.41 Å². The Morgan fingerprint density at radius 2 is 1.98 bits per heavy atom. The second-order valence-electron chi connectivity index (χ2n) is 10.4. The number of hydrogen-bond acceptors (Lipinski definition) is 6. The Balaban J connectivity index is 1.20. The first kappa shape index (κ1) is 26.8. The van der Waals surface area contributed by atoms with Crippen LogP contribution in [-0.4, -0.2) is 38.8 Å². The van der Waals surface area contributed by atoms with Gasteiger partial charge in [0.2, 0.25) is 0 Å². The van der Waals surface area contributed by atoms with E-state index in [2.05, 4.69) is 38.6 Å². The summed E-state index contributed by atoms with van der Waals surface area (Å²) in [4.78, 5) is 17.7. The lowest BCUT2D eigenvalue weighted by Gasteiger charge is -2.10. The Bertz CT molecular complexity index is 1900. The predicted octanol–water partition coefficient (Wildman–Crippen LogP) is 5.44. The number of amides is 1. The number of carbonyl (C=O) groups is 1. The molecule has 1 amide bonds. The van der Waals surface area contributed by atoms with E-state index in [9.17, 15) is 10.1 Å². The van der Waals surface area contributed by atoms with Crippen molar-refractivity contribution in [2.75, 3.05) is 24.4 Å². The number of pyridine rings is 1. The van der Waals surface area contributed by atoms with Crippen LogP contribution in [0.4, 0.5) is 17.1 Å². The van der Waals surface area contributed by atoms with Crippen molar-refractivity contribution in [1.82, 2.24) is 19.2 Å². The molecule has 6 rings (SSSR count). The van der Waals surface area contributed by atoms with Gasteiger partial charge in [-0.05, 0) is 73.2 Å². The van der Waals surface area contributed by atoms with E-state index in [4.69, 9.17) is 4.74 Å². The van der Waals surface area contributed by atoms with Crippen molar-refractivity contribution in [3.05, 3.63) is 107 Å². The maximum absolute atomic E-state index is 13.1. The molecule has 42 heavy (non-hydrogen) atoms. The molecule has 1 aliphatic rings. The minimum atomic E-state index is -0.407. The van der Waals surface area contributed by atoms with Gasteiger partial charge in [-0.15, -0.1) is 0 Å². The van der Waals surface area contributed by atoms with Crippen molar-refractivity contribution in [3.8, 4) is 17.9 Å². The van der Waals surface area contributed by atoms with Gasteiger partial charge in [0.1, 0.15) is 5.69 Å². The molecular weight excluding hydrogens is 526 g/mol. The van der Waals surface area contributed by atoms with Crippen molar-refractivity contribution >= 4 is 28.6 Å². The molecule has 2 N–H and O–H groups in total. The Hall–Kier alpha value is -5.38. The molecule has 0 spiro atoms. The van der Waals surface area contributed by atoms with Crippen LogP contribution < -0.4 is 10.6 Å². The summed E-state index contributed by atoms with van der Waals surface area (Å²) in [6.07, 6.45) is 9.05. The maximum Gasteiger partial charge on any atom is 0.255 e. The number of ether oxygens (including phenoxy) is 1. The molecule has 2 aromatic carbocycles. The van der Waals surface area contributed by atoms with Crippen molar-refractivity contribution < 1.29 is 9.53 Å². The van der Waals surface area contributed by atoms with Crippen LogP contribution in [0.25, 0.3) is 5.65 Å². The number of hydrogen-bond donors (Lipinski definition) is 2. The van der Waals surface area contributed by atoms with Gasteiger partial charge in [0.05, 0.1) is 48.4 Å². The Labute approximate surface area is 243 Å². The molecule has 0 bridgehead atoms. The molecule has 5 aromatic rings. The van der Waals surface area contributed by atoms with Crippen LogP contribution in [-0.2, 0) is 16.7 Å². The fourth-order valence-electron chi connectivity index (χ4n) is 4.81. The number of nitrogens with zero attached hydrogens (tertiary/aromatic N) is 5. The second-order valence-corrected chi connectivity index (χ2v) is 10.4. The Morgan fingerprint density at radius 1 is 1.10 bits per heavy atom. The summed E-state index contributed by atoms with van der Waals surface area (Å²) in [5.74, 6) is 6.23. The number of aryl methyl sites for hydroxylation is 1. The average Bonchev–Trinajstić information content (AvgIpc) is 3.50. The van der Waals surface area contributed by atoms with Crippen LogP contribution >= 0.6 is 0 Å². The monoisotopic (exact) mass is 555 g/mol. The summed E-state index contributed by atoms with van der Waals surface area (Å²) >= 11 is 0. The minimum Gasteiger partial charge on any atom is -0.383 e. The summed E-state index contributed by atoms with van der Waals surface area (Å²) in [5.41, 5.74) is 6.58. The van der Waals surface area contributed by atoms with Crippen LogP contribution in [0.2, 0.25) is 0 Å². The van der Waals surface area contributed by atoms with E-state index in [0.29, 0.717) is 24.4 Å². The molecule has 0 aliphatic heterocycles. The van der Waals surface area contributed by atoms with E-state index in [1.54, 1.807) is 31.6 Å². The van der Waals surface area contributed by atoms with Gasteiger partial charge in [0, 0.05) is 36.3 Å². The highest BCUT2D eigenvalue weighted by Crippen LogP contribution is 2.47.